The summed E-state index contributed by atoms with van der Waals surface area (Å²) < 4.78 is 4.95. The van der Waals surface area contributed by atoms with E-state index in [1.165, 1.54) is 30.3 Å². The fourth-order valence-corrected chi connectivity index (χ4v) is 1.95. The van der Waals surface area contributed by atoms with Gasteiger partial charge in [-0.1, -0.05) is 24.3 Å². The summed E-state index contributed by atoms with van der Waals surface area (Å²) in [5.41, 5.74) is 1.28. The van der Waals surface area contributed by atoms with E-state index in [1.54, 1.807) is 24.3 Å². The van der Waals surface area contributed by atoms with Crippen LogP contribution in [-0.4, -0.2) is 33.4 Å². The Morgan fingerprint density at radius 2 is 1.50 bits per heavy atom. The maximum atomic E-state index is 11.8. The molecule has 0 amide bonds. The molecule has 0 aliphatic rings. The van der Waals surface area contributed by atoms with Crippen LogP contribution in [0, 0.1) is 0 Å². The SMILES string of the molecule is O=C(/C=C/c1ccc(O)cc1)O[C@H](Cc1ccc(O)cc1)C(=O)O. The zero-order valence-electron chi connectivity index (χ0n) is 12.6. The first-order chi connectivity index (χ1) is 11.4. The van der Waals surface area contributed by atoms with Gasteiger partial charge in [0.2, 0.25) is 6.10 Å². The van der Waals surface area contributed by atoms with Crippen LogP contribution in [0.1, 0.15) is 11.1 Å². The van der Waals surface area contributed by atoms with Gasteiger partial charge in [-0.3, -0.25) is 0 Å². The van der Waals surface area contributed by atoms with Gasteiger partial charge in [-0.25, -0.2) is 9.59 Å². The molecule has 0 aromatic heterocycles. The highest BCUT2D eigenvalue weighted by Gasteiger charge is 2.21. The van der Waals surface area contributed by atoms with E-state index in [0.29, 0.717) is 11.1 Å². The second-order valence-corrected chi connectivity index (χ2v) is 5.06. The molecular weight excluding hydrogens is 312 g/mol. The monoisotopic (exact) mass is 328 g/mol. The quantitative estimate of drug-likeness (QED) is 0.555. The van der Waals surface area contributed by atoms with Gasteiger partial charge in [0.05, 0.1) is 0 Å². The van der Waals surface area contributed by atoms with Crippen LogP contribution >= 0.6 is 0 Å². The number of ether oxygens (including phenoxy) is 1. The number of phenols is 2. The number of rotatable bonds is 6. The predicted molar refractivity (Wildman–Crippen MR) is 86.5 cm³/mol. The molecule has 3 N–H and O–H groups in total. The molecule has 1 atom stereocenters. The lowest BCUT2D eigenvalue weighted by atomic mass is 10.1. The highest BCUT2D eigenvalue weighted by molar-refractivity contribution is 5.89. The smallest absolute Gasteiger partial charge is 0.345 e. The maximum Gasteiger partial charge on any atom is 0.345 e. The minimum atomic E-state index is -1.33. The van der Waals surface area contributed by atoms with Gasteiger partial charge < -0.3 is 20.1 Å². The Kier molecular flexibility index (Phi) is 5.57. The largest absolute Gasteiger partial charge is 0.508 e. The van der Waals surface area contributed by atoms with Crippen LogP contribution in [0.15, 0.2) is 54.6 Å². The fourth-order valence-electron chi connectivity index (χ4n) is 1.95. The van der Waals surface area contributed by atoms with Crippen molar-refractivity contribution in [1.82, 2.24) is 0 Å². The Morgan fingerprint density at radius 1 is 0.958 bits per heavy atom. The fraction of sp³-hybridized carbons (Fsp3) is 0.111. The van der Waals surface area contributed by atoms with Gasteiger partial charge in [-0.2, -0.15) is 0 Å². The third-order valence-electron chi connectivity index (χ3n) is 3.20. The Labute approximate surface area is 138 Å². The molecule has 24 heavy (non-hydrogen) atoms. The Balaban J connectivity index is 1.99. The number of phenolic OH excluding ortho intramolecular Hbond substituents is 2. The molecular formula is C18H16O6. The number of carbonyl (C=O) groups excluding carboxylic acids is 1. The lowest BCUT2D eigenvalue weighted by Gasteiger charge is -2.12. The molecule has 0 aliphatic heterocycles. The Bertz CT molecular complexity index is 731. The Morgan fingerprint density at radius 3 is 2.04 bits per heavy atom. The number of carboxylic acids is 1. The van der Waals surface area contributed by atoms with E-state index in [1.807, 2.05) is 0 Å². The van der Waals surface area contributed by atoms with Crippen molar-refractivity contribution in [2.24, 2.45) is 0 Å². The zero-order chi connectivity index (χ0) is 17.5. The van der Waals surface area contributed by atoms with Crippen molar-refractivity contribution < 1.29 is 29.6 Å². The second kappa shape index (κ2) is 7.82. The van der Waals surface area contributed by atoms with E-state index < -0.39 is 18.0 Å². The van der Waals surface area contributed by atoms with Crippen molar-refractivity contribution in [3.8, 4) is 11.5 Å². The first kappa shape index (κ1) is 17.1. The van der Waals surface area contributed by atoms with Crippen molar-refractivity contribution in [3.63, 3.8) is 0 Å². The van der Waals surface area contributed by atoms with Crippen LogP contribution in [0.25, 0.3) is 6.08 Å². The highest BCUT2D eigenvalue weighted by Crippen LogP contribution is 2.14. The van der Waals surface area contributed by atoms with E-state index in [4.69, 9.17) is 4.74 Å². The number of benzene rings is 2. The summed E-state index contributed by atoms with van der Waals surface area (Å²) in [6, 6.07) is 12.1. The lowest BCUT2D eigenvalue weighted by Crippen LogP contribution is -2.28. The van der Waals surface area contributed by atoms with E-state index in [0.717, 1.165) is 6.08 Å². The van der Waals surface area contributed by atoms with Crippen LogP contribution < -0.4 is 0 Å². The molecule has 0 radical (unpaired) electrons. The minimum absolute atomic E-state index is 0.00555. The summed E-state index contributed by atoms with van der Waals surface area (Å²) >= 11 is 0. The standard InChI is InChI=1S/C18H16O6/c19-14-6-1-12(2-7-14)5-10-17(21)24-16(18(22)23)11-13-3-8-15(20)9-4-13/h1-10,16,19-20H,11H2,(H,22,23)/b10-5+/t16-/m1/s1. The number of aromatic hydroxyl groups is 2. The number of carbonyl (C=O) groups is 2. The number of hydrogen-bond donors (Lipinski definition) is 3. The lowest BCUT2D eigenvalue weighted by molar-refractivity contribution is -0.160. The van der Waals surface area contributed by atoms with Crippen molar-refractivity contribution in [2.45, 2.75) is 12.5 Å². The predicted octanol–water partition coefficient (Wildman–Crippen LogP) is 2.35. The summed E-state index contributed by atoms with van der Waals surface area (Å²) in [5.74, 6) is -1.86. The highest BCUT2D eigenvalue weighted by atomic mass is 16.6. The zero-order valence-corrected chi connectivity index (χ0v) is 12.6. The Hall–Kier alpha value is -3.28. The molecule has 0 spiro atoms. The van der Waals surface area contributed by atoms with Crippen molar-refractivity contribution in [1.29, 1.82) is 0 Å². The first-order valence-electron chi connectivity index (χ1n) is 7.12. The maximum absolute atomic E-state index is 11.8. The minimum Gasteiger partial charge on any atom is -0.508 e. The van der Waals surface area contributed by atoms with Gasteiger partial charge in [-0.05, 0) is 41.5 Å². The molecule has 0 bridgehead atoms. The van der Waals surface area contributed by atoms with Gasteiger partial charge in [0.15, 0.2) is 0 Å². The molecule has 2 aromatic carbocycles. The van der Waals surface area contributed by atoms with Gasteiger partial charge in [0, 0.05) is 12.5 Å². The van der Waals surface area contributed by atoms with Crippen LogP contribution in [0.5, 0.6) is 11.5 Å². The molecule has 0 unspecified atom stereocenters. The molecule has 0 fully saturated rings. The van der Waals surface area contributed by atoms with E-state index in [-0.39, 0.29) is 17.9 Å². The normalized spacial score (nSPS) is 12.0. The molecule has 6 heteroatoms. The van der Waals surface area contributed by atoms with Gasteiger partial charge >= 0.3 is 11.9 Å². The summed E-state index contributed by atoms with van der Waals surface area (Å²) in [5, 5.41) is 27.6. The van der Waals surface area contributed by atoms with E-state index in [2.05, 4.69) is 0 Å². The molecule has 6 nitrogen and oxygen atoms in total. The topological polar surface area (TPSA) is 104 Å². The number of carboxylic acid groups (broad SMARTS) is 1. The second-order valence-electron chi connectivity index (χ2n) is 5.06. The van der Waals surface area contributed by atoms with E-state index in [9.17, 15) is 24.9 Å². The molecule has 2 rings (SSSR count). The van der Waals surface area contributed by atoms with Crippen molar-refractivity contribution in [2.75, 3.05) is 0 Å². The van der Waals surface area contributed by atoms with Crippen LogP contribution in [0.2, 0.25) is 0 Å². The average Bonchev–Trinajstić information content (AvgIpc) is 2.55. The third-order valence-corrected chi connectivity index (χ3v) is 3.20. The van der Waals surface area contributed by atoms with Gasteiger partial charge in [-0.15, -0.1) is 0 Å². The number of hydrogen-bond acceptors (Lipinski definition) is 5. The molecule has 0 saturated carbocycles. The average molecular weight is 328 g/mol. The third kappa shape index (κ3) is 5.17. The molecule has 0 saturated heterocycles. The first-order valence-corrected chi connectivity index (χ1v) is 7.12. The van der Waals surface area contributed by atoms with Crippen molar-refractivity contribution in [3.05, 3.63) is 65.7 Å². The number of esters is 1. The van der Waals surface area contributed by atoms with Crippen LogP contribution in [0.4, 0.5) is 0 Å². The summed E-state index contributed by atoms with van der Waals surface area (Å²) in [6.07, 6.45) is 1.25. The summed E-state index contributed by atoms with van der Waals surface area (Å²) in [7, 11) is 0. The van der Waals surface area contributed by atoms with Gasteiger partial charge in [0.1, 0.15) is 11.5 Å². The van der Waals surface area contributed by atoms with E-state index >= 15 is 0 Å². The summed E-state index contributed by atoms with van der Waals surface area (Å²) in [4.78, 5) is 23.0. The number of aliphatic carboxylic acids is 1. The molecule has 0 aliphatic carbocycles. The molecule has 0 heterocycles. The molecule has 2 aromatic rings. The summed E-state index contributed by atoms with van der Waals surface area (Å²) in [6.45, 7) is 0. The molecule has 124 valence electrons. The van der Waals surface area contributed by atoms with Crippen LogP contribution in [0.3, 0.4) is 0 Å². The van der Waals surface area contributed by atoms with Crippen molar-refractivity contribution >= 4 is 18.0 Å². The van der Waals surface area contributed by atoms with Gasteiger partial charge in [0.25, 0.3) is 0 Å². The van der Waals surface area contributed by atoms with Crippen LogP contribution in [-0.2, 0) is 20.7 Å².